The molecule has 0 bridgehead atoms. The van der Waals surface area contributed by atoms with Crippen LogP contribution in [0.2, 0.25) is 0 Å². The Hall–Kier alpha value is -0.820. The van der Waals surface area contributed by atoms with Crippen LogP contribution >= 0.6 is 24.0 Å². The summed E-state index contributed by atoms with van der Waals surface area (Å²) in [5.41, 5.74) is 8.91. The largest absolute Gasteiger partial charge is 0.377 e. The van der Waals surface area contributed by atoms with Crippen molar-refractivity contribution < 1.29 is 4.74 Å². The van der Waals surface area contributed by atoms with Crippen molar-refractivity contribution in [2.24, 2.45) is 22.1 Å². The van der Waals surface area contributed by atoms with Gasteiger partial charge in [-0.3, -0.25) is 0 Å². The number of ether oxygens (including phenoxy) is 1. The number of hydrogen-bond donors (Lipinski definition) is 2. The first kappa shape index (κ1) is 19.0. The van der Waals surface area contributed by atoms with Crippen LogP contribution in [0.15, 0.2) is 29.3 Å². The van der Waals surface area contributed by atoms with Gasteiger partial charge >= 0.3 is 0 Å². The standard InChI is InChI=1S/C20H29N3O.HI/c1-3-13(2)14-5-7-15(8-6-14)22-19(21)23-17-16-9-12-24-18(16)20(17)10-4-11-20;/h5-8,13,16-18H,3-4,9-12H2,1-2H3,(H3,21,22,23);1H. The number of nitrogens with zero attached hydrogens (tertiary/aromatic N) is 1. The van der Waals surface area contributed by atoms with Crippen LogP contribution in [0, 0.1) is 11.3 Å². The minimum Gasteiger partial charge on any atom is -0.377 e. The van der Waals surface area contributed by atoms with Gasteiger partial charge in [0.1, 0.15) is 0 Å². The average Bonchev–Trinajstić information content (AvgIpc) is 2.96. The highest BCUT2D eigenvalue weighted by Crippen LogP contribution is 2.64. The van der Waals surface area contributed by atoms with E-state index in [-0.39, 0.29) is 24.0 Å². The van der Waals surface area contributed by atoms with Crippen LogP contribution < -0.4 is 11.1 Å². The van der Waals surface area contributed by atoms with E-state index in [0.717, 1.165) is 25.1 Å². The Morgan fingerprint density at radius 3 is 2.68 bits per heavy atom. The molecule has 0 amide bonds. The van der Waals surface area contributed by atoms with Gasteiger partial charge in [0.2, 0.25) is 0 Å². The molecule has 3 N–H and O–H groups in total. The Balaban J connectivity index is 0.00000182. The molecule has 2 aliphatic carbocycles. The summed E-state index contributed by atoms with van der Waals surface area (Å²) in [7, 11) is 0. The number of halogens is 1. The Bertz CT molecular complexity index is 626. The highest BCUT2D eigenvalue weighted by atomic mass is 127. The molecule has 4 atom stereocenters. The van der Waals surface area contributed by atoms with Crippen LogP contribution in [0.1, 0.15) is 57.4 Å². The van der Waals surface area contributed by atoms with E-state index < -0.39 is 0 Å². The normalized spacial score (nSPS) is 30.6. The molecular weight excluding hydrogens is 425 g/mol. The lowest BCUT2D eigenvalue weighted by Crippen LogP contribution is -2.65. The van der Waals surface area contributed by atoms with Gasteiger partial charge in [-0.25, -0.2) is 4.99 Å². The molecule has 3 fully saturated rings. The van der Waals surface area contributed by atoms with Gasteiger partial charge in [0.05, 0.1) is 12.1 Å². The number of guanidine groups is 1. The van der Waals surface area contributed by atoms with Gasteiger partial charge < -0.3 is 15.8 Å². The van der Waals surface area contributed by atoms with Crippen molar-refractivity contribution in [2.45, 2.75) is 64.0 Å². The molecular formula is C20H30IN3O. The average molecular weight is 455 g/mol. The second-order valence-corrected chi connectivity index (χ2v) is 7.85. The van der Waals surface area contributed by atoms with Gasteiger partial charge in [-0.2, -0.15) is 0 Å². The molecule has 3 aliphatic rings. The van der Waals surface area contributed by atoms with E-state index in [1.54, 1.807) is 0 Å². The van der Waals surface area contributed by atoms with Crippen LogP contribution in [-0.4, -0.2) is 24.7 Å². The van der Waals surface area contributed by atoms with Gasteiger partial charge in [0.25, 0.3) is 0 Å². The second-order valence-electron chi connectivity index (χ2n) is 7.85. The third-order valence-electron chi connectivity index (χ3n) is 6.63. The maximum absolute atomic E-state index is 6.22. The molecule has 1 saturated heterocycles. The number of aliphatic imine (C=N–C) groups is 1. The fourth-order valence-corrected chi connectivity index (χ4v) is 4.85. The lowest BCUT2D eigenvalue weighted by Gasteiger charge is -2.61. The number of benzene rings is 1. The topological polar surface area (TPSA) is 59.6 Å². The van der Waals surface area contributed by atoms with Crippen molar-refractivity contribution in [3.8, 4) is 0 Å². The van der Waals surface area contributed by atoms with Crippen LogP contribution in [0.4, 0.5) is 5.69 Å². The van der Waals surface area contributed by atoms with Crippen molar-refractivity contribution >= 4 is 35.6 Å². The number of fused-ring (bicyclic) bond motifs is 2. The molecule has 4 unspecified atom stereocenters. The molecule has 0 radical (unpaired) electrons. The van der Waals surface area contributed by atoms with Crippen LogP contribution in [0.3, 0.4) is 0 Å². The zero-order chi connectivity index (χ0) is 16.7. The van der Waals surface area contributed by atoms with Gasteiger partial charge in [-0.1, -0.05) is 32.4 Å². The molecule has 138 valence electrons. The Morgan fingerprint density at radius 1 is 1.36 bits per heavy atom. The molecule has 1 heterocycles. The molecule has 2 saturated carbocycles. The van der Waals surface area contributed by atoms with Crippen LogP contribution in [0.25, 0.3) is 0 Å². The molecule has 1 aromatic rings. The fraction of sp³-hybridized carbons (Fsp3) is 0.650. The number of anilines is 1. The van der Waals surface area contributed by atoms with E-state index in [0.29, 0.717) is 35.4 Å². The summed E-state index contributed by atoms with van der Waals surface area (Å²) in [4.78, 5) is 4.87. The van der Waals surface area contributed by atoms with Gasteiger partial charge in [-0.15, -0.1) is 24.0 Å². The van der Waals surface area contributed by atoms with Crippen LogP contribution in [0.5, 0.6) is 0 Å². The zero-order valence-electron chi connectivity index (χ0n) is 15.2. The molecule has 5 heteroatoms. The Labute approximate surface area is 168 Å². The predicted molar refractivity (Wildman–Crippen MR) is 114 cm³/mol. The minimum atomic E-state index is 0. The minimum absolute atomic E-state index is 0. The number of hydrogen-bond acceptors (Lipinski definition) is 2. The maximum Gasteiger partial charge on any atom is 0.193 e. The molecule has 1 spiro atoms. The lowest BCUT2D eigenvalue weighted by molar-refractivity contribution is -0.164. The maximum atomic E-state index is 6.22. The number of nitrogens with two attached hydrogens (primary N) is 1. The SMILES string of the molecule is CCC(C)c1ccc(NC(N)=NC2C3CCOC3C23CCC3)cc1.I. The van der Waals surface area contributed by atoms with Crippen LogP contribution in [-0.2, 0) is 4.74 Å². The van der Waals surface area contributed by atoms with Gasteiger partial charge in [0, 0.05) is 23.6 Å². The van der Waals surface area contributed by atoms with Gasteiger partial charge in [-0.05, 0) is 49.3 Å². The zero-order valence-corrected chi connectivity index (χ0v) is 17.5. The van der Waals surface area contributed by atoms with E-state index in [1.807, 2.05) is 0 Å². The smallest absolute Gasteiger partial charge is 0.193 e. The summed E-state index contributed by atoms with van der Waals surface area (Å²) in [5.74, 6) is 1.73. The Kier molecular flexibility index (Phi) is 5.63. The van der Waals surface area contributed by atoms with Crippen molar-refractivity contribution in [3.63, 3.8) is 0 Å². The summed E-state index contributed by atoms with van der Waals surface area (Å²) in [5, 5.41) is 3.28. The summed E-state index contributed by atoms with van der Waals surface area (Å²) in [6.45, 7) is 5.37. The van der Waals surface area contributed by atoms with E-state index in [4.69, 9.17) is 15.5 Å². The van der Waals surface area contributed by atoms with E-state index >= 15 is 0 Å². The lowest BCUT2D eigenvalue weighted by atomic mass is 9.46. The molecule has 25 heavy (non-hydrogen) atoms. The first-order valence-electron chi connectivity index (χ1n) is 9.46. The number of rotatable bonds is 4. The van der Waals surface area contributed by atoms with E-state index in [2.05, 4.69) is 43.4 Å². The summed E-state index contributed by atoms with van der Waals surface area (Å²) in [6, 6.07) is 8.92. The first-order valence-corrected chi connectivity index (χ1v) is 9.46. The summed E-state index contributed by atoms with van der Waals surface area (Å²) < 4.78 is 5.96. The summed E-state index contributed by atoms with van der Waals surface area (Å²) in [6.07, 6.45) is 6.55. The highest BCUT2D eigenvalue weighted by molar-refractivity contribution is 14.0. The molecule has 1 aromatic carbocycles. The third kappa shape index (κ3) is 3.18. The third-order valence-corrected chi connectivity index (χ3v) is 6.63. The second kappa shape index (κ2) is 7.43. The fourth-order valence-electron chi connectivity index (χ4n) is 4.85. The molecule has 1 aliphatic heterocycles. The first-order chi connectivity index (χ1) is 11.6. The van der Waals surface area contributed by atoms with Crippen molar-refractivity contribution in [3.05, 3.63) is 29.8 Å². The molecule has 4 rings (SSSR count). The highest BCUT2D eigenvalue weighted by Gasteiger charge is 2.66. The predicted octanol–water partition coefficient (Wildman–Crippen LogP) is 4.50. The Morgan fingerprint density at radius 2 is 2.08 bits per heavy atom. The molecule has 4 nitrogen and oxygen atoms in total. The van der Waals surface area contributed by atoms with E-state index in [1.165, 1.54) is 24.8 Å². The number of nitrogens with one attached hydrogen (secondary N) is 1. The van der Waals surface area contributed by atoms with Crippen molar-refractivity contribution in [1.29, 1.82) is 0 Å². The molecule has 0 aromatic heterocycles. The van der Waals surface area contributed by atoms with Crippen molar-refractivity contribution in [1.82, 2.24) is 0 Å². The summed E-state index contributed by atoms with van der Waals surface area (Å²) >= 11 is 0. The van der Waals surface area contributed by atoms with Crippen molar-refractivity contribution in [2.75, 3.05) is 11.9 Å². The monoisotopic (exact) mass is 455 g/mol. The quantitative estimate of drug-likeness (QED) is 0.399. The van der Waals surface area contributed by atoms with Gasteiger partial charge in [0.15, 0.2) is 5.96 Å². The van der Waals surface area contributed by atoms with E-state index in [9.17, 15) is 0 Å².